The standard InChI is InChI=1S/C25H24F3NO2/c26-25(27,28)31-21-12-10-19(11-13-21)22-9-5-4-8-20(22)16-23(18-6-2-1-3-7-18)24-17-29-14-15-30-24/h1-13,23-24,29H,14-17H2/t23-,24-/m1/s1. The van der Waals surface area contributed by atoms with Crippen molar-refractivity contribution in [1.82, 2.24) is 5.32 Å². The lowest BCUT2D eigenvalue weighted by atomic mass is 9.84. The molecular weight excluding hydrogens is 403 g/mol. The highest BCUT2D eigenvalue weighted by molar-refractivity contribution is 5.68. The van der Waals surface area contributed by atoms with E-state index in [-0.39, 0.29) is 17.8 Å². The molecule has 0 amide bonds. The highest BCUT2D eigenvalue weighted by atomic mass is 19.4. The first kappa shape index (κ1) is 21.4. The van der Waals surface area contributed by atoms with E-state index in [1.807, 2.05) is 36.4 Å². The number of nitrogens with one attached hydrogen (secondary N) is 1. The molecule has 0 bridgehead atoms. The molecule has 1 fully saturated rings. The topological polar surface area (TPSA) is 30.5 Å². The van der Waals surface area contributed by atoms with Crippen molar-refractivity contribution in [3.8, 4) is 16.9 Å². The first-order chi connectivity index (χ1) is 15.0. The van der Waals surface area contributed by atoms with E-state index in [0.717, 1.165) is 36.2 Å². The van der Waals surface area contributed by atoms with E-state index >= 15 is 0 Å². The Morgan fingerprint density at radius 3 is 2.32 bits per heavy atom. The summed E-state index contributed by atoms with van der Waals surface area (Å²) in [7, 11) is 0. The van der Waals surface area contributed by atoms with Gasteiger partial charge in [0.1, 0.15) is 5.75 Å². The number of alkyl halides is 3. The summed E-state index contributed by atoms with van der Waals surface area (Å²) in [6, 6.07) is 24.3. The Kier molecular flexibility index (Phi) is 6.59. The smallest absolute Gasteiger partial charge is 0.406 e. The van der Waals surface area contributed by atoms with Gasteiger partial charge in [-0.15, -0.1) is 13.2 Å². The van der Waals surface area contributed by atoms with E-state index in [0.29, 0.717) is 6.61 Å². The molecule has 1 heterocycles. The van der Waals surface area contributed by atoms with Crippen molar-refractivity contribution in [2.24, 2.45) is 0 Å². The second-order valence-corrected chi connectivity index (χ2v) is 7.56. The van der Waals surface area contributed by atoms with Gasteiger partial charge in [-0.05, 0) is 40.8 Å². The SMILES string of the molecule is FC(F)(F)Oc1ccc(-c2ccccc2C[C@H](c2ccccc2)[C@H]2CNCCO2)cc1. The van der Waals surface area contributed by atoms with Gasteiger partial charge in [-0.2, -0.15) is 0 Å². The number of benzene rings is 3. The van der Waals surface area contributed by atoms with Crippen LogP contribution in [-0.2, 0) is 11.2 Å². The van der Waals surface area contributed by atoms with Gasteiger partial charge >= 0.3 is 6.36 Å². The number of hydrogen-bond acceptors (Lipinski definition) is 3. The first-order valence-electron chi connectivity index (χ1n) is 10.3. The van der Waals surface area contributed by atoms with Crippen molar-refractivity contribution in [1.29, 1.82) is 0 Å². The van der Waals surface area contributed by atoms with Gasteiger partial charge in [0.2, 0.25) is 0 Å². The van der Waals surface area contributed by atoms with Crippen molar-refractivity contribution in [2.75, 3.05) is 19.7 Å². The van der Waals surface area contributed by atoms with Crippen LogP contribution in [-0.4, -0.2) is 32.2 Å². The molecule has 1 aliphatic heterocycles. The zero-order chi connectivity index (χ0) is 21.7. The van der Waals surface area contributed by atoms with Crippen LogP contribution in [0.3, 0.4) is 0 Å². The van der Waals surface area contributed by atoms with E-state index in [4.69, 9.17) is 4.74 Å². The first-order valence-corrected chi connectivity index (χ1v) is 10.3. The molecule has 6 heteroatoms. The average molecular weight is 427 g/mol. The maximum absolute atomic E-state index is 12.5. The monoisotopic (exact) mass is 427 g/mol. The molecule has 1 aliphatic rings. The van der Waals surface area contributed by atoms with Crippen molar-refractivity contribution in [3.05, 3.63) is 90.0 Å². The van der Waals surface area contributed by atoms with Crippen molar-refractivity contribution in [2.45, 2.75) is 24.8 Å². The van der Waals surface area contributed by atoms with Gasteiger partial charge in [0.15, 0.2) is 0 Å². The highest BCUT2D eigenvalue weighted by Gasteiger charge is 2.31. The predicted molar refractivity (Wildman–Crippen MR) is 114 cm³/mol. The minimum atomic E-state index is -4.70. The lowest BCUT2D eigenvalue weighted by molar-refractivity contribution is -0.274. The van der Waals surface area contributed by atoms with Crippen LogP contribution in [0.5, 0.6) is 5.75 Å². The van der Waals surface area contributed by atoms with Crippen molar-refractivity contribution in [3.63, 3.8) is 0 Å². The van der Waals surface area contributed by atoms with Gasteiger partial charge < -0.3 is 14.8 Å². The summed E-state index contributed by atoms with van der Waals surface area (Å²) >= 11 is 0. The van der Waals surface area contributed by atoms with Gasteiger partial charge in [-0.1, -0.05) is 66.7 Å². The molecule has 3 nitrogen and oxygen atoms in total. The third kappa shape index (κ3) is 5.66. The van der Waals surface area contributed by atoms with Crippen LogP contribution in [0.15, 0.2) is 78.9 Å². The summed E-state index contributed by atoms with van der Waals surface area (Å²) in [4.78, 5) is 0. The highest BCUT2D eigenvalue weighted by Crippen LogP contribution is 2.33. The van der Waals surface area contributed by atoms with E-state index in [1.54, 1.807) is 12.1 Å². The second-order valence-electron chi connectivity index (χ2n) is 7.56. The van der Waals surface area contributed by atoms with Crippen LogP contribution < -0.4 is 10.1 Å². The summed E-state index contributed by atoms with van der Waals surface area (Å²) in [5.41, 5.74) is 4.17. The van der Waals surface area contributed by atoms with Crippen molar-refractivity contribution < 1.29 is 22.6 Å². The normalized spacial score (nSPS) is 17.8. The largest absolute Gasteiger partial charge is 0.573 e. The van der Waals surface area contributed by atoms with E-state index in [1.165, 1.54) is 17.7 Å². The van der Waals surface area contributed by atoms with E-state index < -0.39 is 6.36 Å². The Balaban J connectivity index is 1.62. The van der Waals surface area contributed by atoms with Gasteiger partial charge in [0.25, 0.3) is 0 Å². The molecule has 0 unspecified atom stereocenters. The van der Waals surface area contributed by atoms with E-state index in [2.05, 4.69) is 28.3 Å². The number of morpholine rings is 1. The van der Waals surface area contributed by atoms with E-state index in [9.17, 15) is 13.2 Å². The van der Waals surface area contributed by atoms with Crippen LogP contribution >= 0.6 is 0 Å². The minimum Gasteiger partial charge on any atom is -0.406 e. The zero-order valence-electron chi connectivity index (χ0n) is 16.9. The second kappa shape index (κ2) is 9.54. The fourth-order valence-electron chi connectivity index (χ4n) is 4.06. The Labute approximate surface area is 179 Å². The van der Waals surface area contributed by atoms with Crippen LogP contribution in [0.25, 0.3) is 11.1 Å². The molecule has 0 spiro atoms. The molecule has 3 aromatic rings. The molecule has 31 heavy (non-hydrogen) atoms. The Hall–Kier alpha value is -2.83. The lowest BCUT2D eigenvalue weighted by Gasteiger charge is -2.32. The molecule has 3 aromatic carbocycles. The Morgan fingerprint density at radius 1 is 0.935 bits per heavy atom. The molecule has 162 valence electrons. The lowest BCUT2D eigenvalue weighted by Crippen LogP contribution is -2.42. The van der Waals surface area contributed by atoms with Gasteiger partial charge in [0, 0.05) is 19.0 Å². The molecule has 0 aliphatic carbocycles. The summed E-state index contributed by atoms with van der Waals surface area (Å²) in [5, 5.41) is 3.41. The molecule has 1 N–H and O–H groups in total. The summed E-state index contributed by atoms with van der Waals surface area (Å²) in [5.74, 6) is -0.0689. The maximum atomic E-state index is 12.5. The van der Waals surface area contributed by atoms with Gasteiger partial charge in [0.05, 0.1) is 12.7 Å². The van der Waals surface area contributed by atoms with Crippen LogP contribution in [0, 0.1) is 0 Å². The molecule has 0 saturated carbocycles. The van der Waals surface area contributed by atoms with Crippen LogP contribution in [0.2, 0.25) is 0 Å². The molecular formula is C25H24F3NO2. The van der Waals surface area contributed by atoms with Gasteiger partial charge in [-0.25, -0.2) is 0 Å². The number of hydrogen-bond donors (Lipinski definition) is 1. The van der Waals surface area contributed by atoms with Crippen LogP contribution in [0.1, 0.15) is 17.0 Å². The van der Waals surface area contributed by atoms with Crippen LogP contribution in [0.4, 0.5) is 13.2 Å². The van der Waals surface area contributed by atoms with Crippen molar-refractivity contribution >= 4 is 0 Å². The third-order valence-electron chi connectivity index (χ3n) is 5.49. The fourth-order valence-corrected chi connectivity index (χ4v) is 4.06. The Morgan fingerprint density at radius 2 is 1.65 bits per heavy atom. The molecule has 0 radical (unpaired) electrons. The minimum absolute atomic E-state index is 0.0479. The fraction of sp³-hybridized carbons (Fsp3) is 0.280. The number of rotatable bonds is 6. The summed E-state index contributed by atoms with van der Waals surface area (Å²) in [6.45, 7) is 2.31. The number of halogens is 3. The summed E-state index contributed by atoms with van der Waals surface area (Å²) in [6.07, 6.45) is -3.89. The third-order valence-corrected chi connectivity index (χ3v) is 5.49. The Bertz CT molecular complexity index is 968. The molecule has 2 atom stereocenters. The predicted octanol–water partition coefficient (Wildman–Crippen LogP) is 5.57. The number of ether oxygens (including phenoxy) is 2. The average Bonchev–Trinajstić information content (AvgIpc) is 2.78. The molecule has 0 aromatic heterocycles. The summed E-state index contributed by atoms with van der Waals surface area (Å²) < 4.78 is 47.5. The quantitative estimate of drug-likeness (QED) is 0.558. The van der Waals surface area contributed by atoms with Gasteiger partial charge in [-0.3, -0.25) is 0 Å². The molecule has 1 saturated heterocycles. The zero-order valence-corrected chi connectivity index (χ0v) is 16.9. The molecule has 4 rings (SSSR count). The maximum Gasteiger partial charge on any atom is 0.573 e.